The maximum Gasteiger partial charge on any atom is 0.471 e. The van der Waals surface area contributed by atoms with E-state index in [0.29, 0.717) is 13.0 Å². The van der Waals surface area contributed by atoms with Crippen LogP contribution in [0.2, 0.25) is 0 Å². The SMILES string of the molecule is CC1(C)[C@@H]2[C@@H](C(=O)NC(C[C@@H]3CCNC3=O)C(N)=O)N(C(=O)C(NC(=O)C(F)(F)F)[C@H]3CCN(C(=O)O)C3)C[C@@H]21. The third-order valence-electron chi connectivity index (χ3n) is 8.88. The quantitative estimate of drug-likeness (QED) is 0.246. The number of hydrogen-bond acceptors (Lipinski definition) is 6. The first-order valence-corrected chi connectivity index (χ1v) is 13.1. The molecule has 4 rings (SSSR count). The van der Waals surface area contributed by atoms with Gasteiger partial charge in [0.1, 0.15) is 18.1 Å². The Kier molecular flexibility index (Phi) is 7.66. The number of carboxylic acid groups (broad SMARTS) is 1. The van der Waals surface area contributed by atoms with Crippen LogP contribution in [-0.4, -0.2) is 101 Å². The zero-order valence-corrected chi connectivity index (χ0v) is 22.0. The van der Waals surface area contributed by atoms with Crippen molar-refractivity contribution in [1.29, 1.82) is 0 Å². The van der Waals surface area contributed by atoms with E-state index in [1.807, 2.05) is 13.8 Å². The number of fused-ring (bicyclic) bond motifs is 1. The molecule has 1 aliphatic carbocycles. The molecule has 40 heavy (non-hydrogen) atoms. The van der Waals surface area contributed by atoms with Gasteiger partial charge in [0, 0.05) is 38.0 Å². The van der Waals surface area contributed by atoms with Gasteiger partial charge in [0.05, 0.1) is 0 Å². The average Bonchev–Trinajstić information content (AvgIpc) is 3.40. The Morgan fingerprint density at radius 1 is 1.15 bits per heavy atom. The number of nitrogens with one attached hydrogen (secondary N) is 3. The third-order valence-corrected chi connectivity index (χ3v) is 8.88. The van der Waals surface area contributed by atoms with Crippen LogP contribution in [0.15, 0.2) is 0 Å². The lowest BCUT2D eigenvalue weighted by Crippen LogP contribution is -2.60. The van der Waals surface area contributed by atoms with Crippen LogP contribution in [0.25, 0.3) is 0 Å². The molecule has 7 atom stereocenters. The van der Waals surface area contributed by atoms with Crippen LogP contribution < -0.4 is 21.7 Å². The number of nitrogens with zero attached hydrogens (tertiary/aromatic N) is 2. The van der Waals surface area contributed by atoms with E-state index >= 15 is 0 Å². The predicted octanol–water partition coefficient (Wildman–Crippen LogP) is -0.987. The molecule has 4 fully saturated rings. The van der Waals surface area contributed by atoms with Gasteiger partial charge in [-0.2, -0.15) is 13.2 Å². The summed E-state index contributed by atoms with van der Waals surface area (Å²) in [6.45, 7) is 3.88. The van der Waals surface area contributed by atoms with E-state index in [1.54, 1.807) is 5.32 Å². The number of likely N-dealkylation sites (tertiary alicyclic amines) is 2. The summed E-state index contributed by atoms with van der Waals surface area (Å²) in [6.07, 6.45) is -6.19. The molecule has 0 radical (unpaired) electrons. The van der Waals surface area contributed by atoms with Gasteiger partial charge in [-0.05, 0) is 36.5 Å². The standard InChI is InChI=1S/C24H33F3N6O7/c1-23(2)12-9-33(16(14(12)23)19(36)30-13(17(28)34)7-10-3-5-29-18(10)35)20(37)15(31-21(38)24(25,26)27)11-4-6-32(8-11)22(39)40/h10-16H,3-9H2,1-2H3,(H2,28,34)(H,29,35)(H,30,36)(H,31,38)(H,39,40)/t10-,11-,12-,13?,14-,15?,16-/m0/s1. The molecule has 0 aromatic heterocycles. The van der Waals surface area contributed by atoms with Gasteiger partial charge in [-0.15, -0.1) is 0 Å². The monoisotopic (exact) mass is 574 g/mol. The van der Waals surface area contributed by atoms with Gasteiger partial charge < -0.3 is 36.6 Å². The fourth-order valence-corrected chi connectivity index (χ4v) is 6.49. The Labute approximate surface area is 227 Å². The van der Waals surface area contributed by atoms with Crippen LogP contribution in [0.3, 0.4) is 0 Å². The first kappa shape index (κ1) is 29.4. The number of carbonyl (C=O) groups excluding carboxylic acids is 5. The maximum absolute atomic E-state index is 13.8. The van der Waals surface area contributed by atoms with Gasteiger partial charge in [-0.25, -0.2) is 4.79 Å². The number of amides is 6. The highest BCUT2D eigenvalue weighted by Crippen LogP contribution is 2.65. The largest absolute Gasteiger partial charge is 0.471 e. The molecular formula is C24H33F3N6O7. The second kappa shape index (κ2) is 10.4. The number of alkyl halides is 3. The summed E-state index contributed by atoms with van der Waals surface area (Å²) in [4.78, 5) is 76.8. The van der Waals surface area contributed by atoms with Crippen LogP contribution in [0.4, 0.5) is 18.0 Å². The van der Waals surface area contributed by atoms with Gasteiger partial charge in [0.25, 0.3) is 0 Å². The van der Waals surface area contributed by atoms with Gasteiger partial charge >= 0.3 is 18.2 Å². The van der Waals surface area contributed by atoms with Crippen molar-refractivity contribution in [1.82, 2.24) is 25.8 Å². The van der Waals surface area contributed by atoms with Crippen LogP contribution in [0.5, 0.6) is 0 Å². The number of hydrogen-bond donors (Lipinski definition) is 5. The van der Waals surface area contributed by atoms with Crippen LogP contribution >= 0.6 is 0 Å². The van der Waals surface area contributed by atoms with Crippen LogP contribution in [-0.2, 0) is 24.0 Å². The first-order valence-electron chi connectivity index (χ1n) is 13.1. The molecule has 3 heterocycles. The van der Waals surface area contributed by atoms with Crippen molar-refractivity contribution in [3.8, 4) is 0 Å². The third kappa shape index (κ3) is 5.52. The molecule has 3 aliphatic heterocycles. The van der Waals surface area contributed by atoms with E-state index in [0.717, 1.165) is 9.80 Å². The van der Waals surface area contributed by atoms with Crippen molar-refractivity contribution >= 4 is 35.6 Å². The number of piperidine rings is 1. The van der Waals surface area contributed by atoms with Crippen molar-refractivity contribution < 1.29 is 47.0 Å². The zero-order chi connectivity index (χ0) is 29.7. The Morgan fingerprint density at radius 3 is 2.35 bits per heavy atom. The molecule has 0 bridgehead atoms. The smallest absolute Gasteiger partial charge is 0.465 e. The molecule has 1 saturated carbocycles. The Hall–Kier alpha value is -3.59. The van der Waals surface area contributed by atoms with Gasteiger partial charge in [-0.1, -0.05) is 13.8 Å². The maximum atomic E-state index is 13.8. The summed E-state index contributed by atoms with van der Waals surface area (Å²) < 4.78 is 39.5. The Balaban J connectivity index is 1.57. The molecule has 2 unspecified atom stereocenters. The van der Waals surface area contributed by atoms with Crippen LogP contribution in [0, 0.1) is 29.1 Å². The Morgan fingerprint density at radius 2 is 1.82 bits per heavy atom. The molecule has 0 aromatic rings. The van der Waals surface area contributed by atoms with Gasteiger partial charge in [0.2, 0.25) is 23.6 Å². The fraction of sp³-hybridized carbons (Fsp3) is 0.750. The van der Waals surface area contributed by atoms with Gasteiger partial charge in [-0.3, -0.25) is 24.0 Å². The summed E-state index contributed by atoms with van der Waals surface area (Å²) in [5.74, 6) is -7.25. The Bertz CT molecular complexity index is 1120. The highest BCUT2D eigenvalue weighted by atomic mass is 19.4. The lowest BCUT2D eigenvalue weighted by atomic mass is 9.94. The number of rotatable bonds is 8. The normalized spacial score (nSPS) is 30.2. The number of primary amides is 1. The summed E-state index contributed by atoms with van der Waals surface area (Å²) in [5.41, 5.74) is 5.11. The molecule has 222 valence electrons. The molecule has 3 saturated heterocycles. The first-order chi connectivity index (χ1) is 18.5. The summed E-state index contributed by atoms with van der Waals surface area (Å²) in [7, 11) is 0. The average molecular weight is 575 g/mol. The van der Waals surface area contributed by atoms with E-state index < -0.39 is 65.9 Å². The van der Waals surface area contributed by atoms with Crippen molar-refractivity contribution in [3.63, 3.8) is 0 Å². The number of carbonyl (C=O) groups is 6. The molecule has 13 nitrogen and oxygen atoms in total. The van der Waals surface area contributed by atoms with E-state index in [-0.39, 0.29) is 55.6 Å². The molecule has 0 spiro atoms. The summed E-state index contributed by atoms with van der Waals surface area (Å²) in [6, 6.07) is -4.13. The van der Waals surface area contributed by atoms with E-state index in [1.165, 1.54) is 0 Å². The lowest BCUT2D eigenvalue weighted by molar-refractivity contribution is -0.175. The zero-order valence-electron chi connectivity index (χ0n) is 22.0. The predicted molar refractivity (Wildman–Crippen MR) is 129 cm³/mol. The summed E-state index contributed by atoms with van der Waals surface area (Å²) in [5, 5.41) is 16.2. The summed E-state index contributed by atoms with van der Waals surface area (Å²) >= 11 is 0. The fourth-order valence-electron chi connectivity index (χ4n) is 6.49. The molecular weight excluding hydrogens is 541 g/mol. The van der Waals surface area contributed by atoms with E-state index in [4.69, 9.17) is 5.73 Å². The molecule has 16 heteroatoms. The minimum atomic E-state index is -5.29. The lowest BCUT2D eigenvalue weighted by Gasteiger charge is -2.35. The second-order valence-electron chi connectivity index (χ2n) is 11.6. The topological polar surface area (TPSA) is 191 Å². The van der Waals surface area contributed by atoms with Crippen LogP contribution in [0.1, 0.15) is 33.1 Å². The molecule has 6 amide bonds. The van der Waals surface area contributed by atoms with E-state index in [9.17, 15) is 47.0 Å². The van der Waals surface area contributed by atoms with Crippen molar-refractivity contribution in [2.24, 2.45) is 34.8 Å². The second-order valence-corrected chi connectivity index (χ2v) is 11.6. The highest BCUT2D eigenvalue weighted by molar-refractivity contribution is 5.96. The van der Waals surface area contributed by atoms with Crippen molar-refractivity contribution in [2.75, 3.05) is 26.2 Å². The number of halogens is 3. The number of nitrogens with two attached hydrogens (primary N) is 1. The molecule has 4 aliphatic rings. The van der Waals surface area contributed by atoms with Gasteiger partial charge in [0.15, 0.2) is 0 Å². The minimum Gasteiger partial charge on any atom is -0.465 e. The van der Waals surface area contributed by atoms with Crippen molar-refractivity contribution in [3.05, 3.63) is 0 Å². The van der Waals surface area contributed by atoms with Crippen molar-refractivity contribution in [2.45, 2.75) is 57.4 Å². The minimum absolute atomic E-state index is 0.0224. The molecule has 0 aromatic carbocycles. The highest BCUT2D eigenvalue weighted by Gasteiger charge is 2.70. The molecule has 6 N–H and O–H groups in total. The van der Waals surface area contributed by atoms with E-state index in [2.05, 4.69) is 10.6 Å².